The van der Waals surface area contributed by atoms with Gasteiger partial charge in [0.05, 0.1) is 0 Å². The Hall–Kier alpha value is -0.430. The quantitative estimate of drug-likeness (QED) is 0.586. The molecule has 0 aromatic carbocycles. The summed E-state index contributed by atoms with van der Waals surface area (Å²) in [6.45, 7) is 0. The lowest BCUT2D eigenvalue weighted by Gasteiger charge is -1.95. The largest absolute Gasteiger partial charge is 0.161 e. The van der Waals surface area contributed by atoms with Crippen LogP contribution in [0, 0.1) is 0 Å². The van der Waals surface area contributed by atoms with Crippen molar-refractivity contribution in [2.24, 2.45) is 0 Å². The van der Waals surface area contributed by atoms with E-state index in [1.807, 2.05) is 11.8 Å². The summed E-state index contributed by atoms with van der Waals surface area (Å²) in [6, 6.07) is 0. The monoisotopic (exact) mass is 152 g/mol. The maximum atomic E-state index is 2.27. The minimum atomic E-state index is 1.09. The Bertz CT molecular complexity index is 175. The van der Waals surface area contributed by atoms with Gasteiger partial charge in [-0.05, 0) is 18.2 Å². The summed E-state index contributed by atoms with van der Waals surface area (Å²) in [5, 5.41) is 0. The van der Waals surface area contributed by atoms with Crippen molar-refractivity contribution < 1.29 is 0 Å². The molecule has 0 spiro atoms. The van der Waals surface area contributed by atoms with Crippen LogP contribution in [-0.4, -0.2) is 12.0 Å². The number of thioether (sulfide) groups is 1. The average molecular weight is 152 g/mol. The second-order valence-electron chi connectivity index (χ2n) is 2.24. The van der Waals surface area contributed by atoms with Gasteiger partial charge in [-0.15, -0.1) is 0 Å². The van der Waals surface area contributed by atoms with Crippen LogP contribution in [0.1, 0.15) is 6.42 Å². The van der Waals surface area contributed by atoms with Crippen molar-refractivity contribution in [1.82, 2.24) is 0 Å². The zero-order valence-corrected chi connectivity index (χ0v) is 7.03. The average Bonchev–Trinajstić information content (AvgIpc) is 2.17. The van der Waals surface area contributed by atoms with Crippen LogP contribution in [0.3, 0.4) is 0 Å². The van der Waals surface area contributed by atoms with E-state index >= 15 is 0 Å². The molecule has 0 fully saturated rings. The van der Waals surface area contributed by atoms with Gasteiger partial charge in [0.1, 0.15) is 0 Å². The molecule has 1 heteroatoms. The molecule has 0 aromatic rings. The molecule has 0 saturated carbocycles. The Labute approximate surface area is 66.7 Å². The molecule has 10 heavy (non-hydrogen) atoms. The summed E-state index contributed by atoms with van der Waals surface area (Å²) in [5.41, 5.74) is 1.44. The predicted molar refractivity (Wildman–Crippen MR) is 49.4 cm³/mol. The Morgan fingerprint density at radius 2 is 2.40 bits per heavy atom. The van der Waals surface area contributed by atoms with Crippen molar-refractivity contribution in [1.29, 1.82) is 0 Å². The predicted octanol–water partition coefficient (Wildman–Crippen LogP) is 2.79. The maximum absolute atomic E-state index is 2.27. The molecule has 0 aliphatic heterocycles. The van der Waals surface area contributed by atoms with Gasteiger partial charge in [0.15, 0.2) is 0 Å². The number of rotatable bonds is 2. The third kappa shape index (κ3) is 2.44. The molecular formula is C9H12S. The van der Waals surface area contributed by atoms with Crippen LogP contribution in [-0.2, 0) is 0 Å². The first-order valence-electron chi connectivity index (χ1n) is 3.44. The van der Waals surface area contributed by atoms with Gasteiger partial charge in [-0.1, -0.05) is 30.4 Å². The molecular weight excluding hydrogens is 140 g/mol. The second-order valence-corrected chi connectivity index (χ2v) is 3.10. The minimum absolute atomic E-state index is 1.09. The van der Waals surface area contributed by atoms with Crippen LogP contribution in [0.5, 0.6) is 0 Å². The summed E-state index contributed by atoms with van der Waals surface area (Å²) in [7, 11) is 0. The van der Waals surface area contributed by atoms with Crippen LogP contribution in [0.4, 0.5) is 0 Å². The second kappa shape index (κ2) is 4.40. The first-order chi connectivity index (χ1) is 4.93. The number of hydrogen-bond acceptors (Lipinski definition) is 1. The van der Waals surface area contributed by atoms with Gasteiger partial charge < -0.3 is 0 Å². The van der Waals surface area contributed by atoms with Crippen molar-refractivity contribution in [3.63, 3.8) is 0 Å². The molecule has 0 saturated heterocycles. The lowest BCUT2D eigenvalue weighted by molar-refractivity contribution is 1.35. The van der Waals surface area contributed by atoms with Gasteiger partial charge >= 0.3 is 0 Å². The van der Waals surface area contributed by atoms with E-state index in [1.165, 1.54) is 5.57 Å². The normalized spacial score (nSPS) is 16.7. The van der Waals surface area contributed by atoms with Gasteiger partial charge in [-0.2, -0.15) is 11.8 Å². The highest BCUT2D eigenvalue weighted by molar-refractivity contribution is 7.98. The van der Waals surface area contributed by atoms with E-state index in [-0.39, 0.29) is 0 Å². The fraction of sp³-hybridized carbons (Fsp3) is 0.333. The molecule has 0 radical (unpaired) electrons. The smallest absolute Gasteiger partial charge is 0.0178 e. The molecule has 0 bridgehead atoms. The Morgan fingerprint density at radius 1 is 1.50 bits per heavy atom. The van der Waals surface area contributed by atoms with Crippen molar-refractivity contribution in [2.45, 2.75) is 6.42 Å². The summed E-state index contributed by atoms with van der Waals surface area (Å²) in [4.78, 5) is 0. The van der Waals surface area contributed by atoms with Gasteiger partial charge in [0.25, 0.3) is 0 Å². The molecule has 0 atom stereocenters. The molecule has 0 aromatic heterocycles. The zero-order valence-electron chi connectivity index (χ0n) is 6.21. The fourth-order valence-electron chi connectivity index (χ4n) is 0.897. The molecule has 1 aliphatic rings. The van der Waals surface area contributed by atoms with Crippen molar-refractivity contribution in [3.8, 4) is 0 Å². The maximum Gasteiger partial charge on any atom is 0.0178 e. The molecule has 0 nitrogen and oxygen atoms in total. The Kier molecular flexibility index (Phi) is 3.37. The fourth-order valence-corrected chi connectivity index (χ4v) is 1.44. The van der Waals surface area contributed by atoms with E-state index < -0.39 is 0 Å². The summed E-state index contributed by atoms with van der Waals surface area (Å²) in [5.74, 6) is 1.14. The van der Waals surface area contributed by atoms with Crippen molar-refractivity contribution in [2.75, 3.05) is 12.0 Å². The van der Waals surface area contributed by atoms with E-state index in [4.69, 9.17) is 0 Å². The molecule has 1 rings (SSSR count). The van der Waals surface area contributed by atoms with Gasteiger partial charge in [0, 0.05) is 5.75 Å². The highest BCUT2D eigenvalue weighted by Crippen LogP contribution is 2.09. The van der Waals surface area contributed by atoms with Crippen LogP contribution >= 0.6 is 11.8 Å². The van der Waals surface area contributed by atoms with Crippen molar-refractivity contribution in [3.05, 3.63) is 36.0 Å². The minimum Gasteiger partial charge on any atom is -0.161 e. The first-order valence-corrected chi connectivity index (χ1v) is 4.84. The topological polar surface area (TPSA) is 0 Å². The Morgan fingerprint density at radius 3 is 3.20 bits per heavy atom. The van der Waals surface area contributed by atoms with Crippen LogP contribution < -0.4 is 0 Å². The highest BCUT2D eigenvalue weighted by atomic mass is 32.2. The molecule has 0 unspecified atom stereocenters. The first kappa shape index (κ1) is 7.67. The van der Waals surface area contributed by atoms with Gasteiger partial charge in [-0.3, -0.25) is 0 Å². The van der Waals surface area contributed by atoms with E-state index in [2.05, 4.69) is 36.6 Å². The third-order valence-corrected chi connectivity index (χ3v) is 2.01. The van der Waals surface area contributed by atoms with Gasteiger partial charge in [-0.25, -0.2) is 0 Å². The summed E-state index contributed by atoms with van der Waals surface area (Å²) < 4.78 is 0. The van der Waals surface area contributed by atoms with E-state index in [0.717, 1.165) is 12.2 Å². The molecule has 0 N–H and O–H groups in total. The number of allylic oxidation sites excluding steroid dienone is 5. The van der Waals surface area contributed by atoms with E-state index in [0.29, 0.717) is 0 Å². The standard InChI is InChI=1S/C9H12S/c1-10-8-9-6-4-2-3-5-7-9/h2-4,6-7H,5,8H2,1H3. The summed E-state index contributed by atoms with van der Waals surface area (Å²) in [6.07, 6.45) is 14.1. The van der Waals surface area contributed by atoms with Gasteiger partial charge in [0.2, 0.25) is 0 Å². The summed E-state index contributed by atoms with van der Waals surface area (Å²) >= 11 is 1.87. The lowest BCUT2D eigenvalue weighted by Crippen LogP contribution is -1.80. The van der Waals surface area contributed by atoms with Crippen LogP contribution in [0.2, 0.25) is 0 Å². The zero-order chi connectivity index (χ0) is 7.23. The molecule has 0 amide bonds. The molecule has 1 aliphatic carbocycles. The van der Waals surface area contributed by atoms with E-state index in [1.54, 1.807) is 0 Å². The lowest BCUT2D eigenvalue weighted by atomic mass is 10.2. The van der Waals surface area contributed by atoms with Crippen LogP contribution in [0.25, 0.3) is 0 Å². The van der Waals surface area contributed by atoms with Crippen LogP contribution in [0.15, 0.2) is 36.0 Å². The highest BCUT2D eigenvalue weighted by Gasteiger charge is 1.90. The SMILES string of the molecule is CSCC1=CCC=CC=C1. The molecule has 0 heterocycles. The molecule has 54 valence electrons. The number of hydrogen-bond donors (Lipinski definition) is 0. The van der Waals surface area contributed by atoms with E-state index in [9.17, 15) is 0 Å². The Balaban J connectivity index is 2.51. The third-order valence-electron chi connectivity index (χ3n) is 1.38. The van der Waals surface area contributed by atoms with Crippen molar-refractivity contribution >= 4 is 11.8 Å².